The smallest absolute Gasteiger partial charge is 0.336 e. The van der Waals surface area contributed by atoms with Crippen molar-refractivity contribution in [2.24, 2.45) is 0 Å². The van der Waals surface area contributed by atoms with Gasteiger partial charge < -0.3 is 9.84 Å². The molecule has 0 bridgehead atoms. The van der Waals surface area contributed by atoms with Crippen molar-refractivity contribution >= 4 is 28.5 Å². The second-order valence-electron chi connectivity index (χ2n) is 4.87. The van der Waals surface area contributed by atoms with Crippen molar-refractivity contribution in [3.8, 4) is 17.0 Å². The molecule has 0 saturated heterocycles. The molecule has 0 fully saturated rings. The number of ether oxygens (including phenoxy) is 1. The van der Waals surface area contributed by atoms with E-state index in [4.69, 9.17) is 16.3 Å². The summed E-state index contributed by atoms with van der Waals surface area (Å²) in [6, 6.07) is 10.6. The highest BCUT2D eigenvalue weighted by Gasteiger charge is 2.14. The van der Waals surface area contributed by atoms with Crippen LogP contribution in [0, 0.1) is 5.82 Å². The number of pyridine rings is 1. The van der Waals surface area contributed by atoms with Crippen molar-refractivity contribution in [1.82, 2.24) is 4.98 Å². The first-order chi connectivity index (χ1) is 11.0. The molecule has 1 N–H and O–H groups in total. The average Bonchev–Trinajstić information content (AvgIpc) is 2.53. The van der Waals surface area contributed by atoms with Crippen molar-refractivity contribution in [3.63, 3.8) is 0 Å². The number of aromatic carboxylic acids is 1. The molecule has 6 heteroatoms. The predicted octanol–water partition coefficient (Wildman–Crippen LogP) is 4.40. The molecule has 0 spiro atoms. The molecular formula is C17H11ClFNO3. The van der Waals surface area contributed by atoms with Crippen LogP contribution in [0.5, 0.6) is 5.75 Å². The fourth-order valence-corrected chi connectivity index (χ4v) is 2.52. The Balaban J connectivity index is 2.24. The monoisotopic (exact) mass is 331 g/mol. The van der Waals surface area contributed by atoms with Gasteiger partial charge in [0.15, 0.2) is 11.6 Å². The van der Waals surface area contributed by atoms with E-state index >= 15 is 0 Å². The third-order valence-corrected chi connectivity index (χ3v) is 3.68. The van der Waals surface area contributed by atoms with E-state index in [-0.39, 0.29) is 11.3 Å². The van der Waals surface area contributed by atoms with Crippen LogP contribution in [0.15, 0.2) is 42.5 Å². The molecule has 1 aromatic heterocycles. The molecule has 0 atom stereocenters. The zero-order chi connectivity index (χ0) is 16.6. The maximum absolute atomic E-state index is 13.9. The molecule has 3 rings (SSSR count). The van der Waals surface area contributed by atoms with Gasteiger partial charge in [-0.2, -0.15) is 0 Å². The second-order valence-corrected chi connectivity index (χ2v) is 5.31. The van der Waals surface area contributed by atoms with Crippen molar-refractivity contribution in [1.29, 1.82) is 0 Å². The van der Waals surface area contributed by atoms with Crippen LogP contribution in [-0.2, 0) is 0 Å². The molecule has 0 aliphatic rings. The molecule has 4 nitrogen and oxygen atoms in total. The zero-order valence-corrected chi connectivity index (χ0v) is 12.8. The lowest BCUT2D eigenvalue weighted by Gasteiger charge is -2.09. The number of aromatic nitrogens is 1. The number of carbonyl (C=O) groups is 1. The van der Waals surface area contributed by atoms with E-state index in [0.29, 0.717) is 27.2 Å². The van der Waals surface area contributed by atoms with Gasteiger partial charge in [0.1, 0.15) is 0 Å². The molecule has 3 aromatic rings. The van der Waals surface area contributed by atoms with Crippen molar-refractivity contribution in [2.45, 2.75) is 0 Å². The molecule has 116 valence electrons. The van der Waals surface area contributed by atoms with Gasteiger partial charge in [-0.3, -0.25) is 0 Å². The number of fused-ring (bicyclic) bond motifs is 1. The fourth-order valence-electron chi connectivity index (χ4n) is 2.35. The third kappa shape index (κ3) is 2.83. The van der Waals surface area contributed by atoms with E-state index < -0.39 is 11.8 Å². The standard InChI is InChI=1S/C17H11ClFNO3/c1-23-16-5-2-9(6-13(16)19)15-8-12(17(21)22)11-7-10(18)3-4-14(11)20-15/h2-8H,1H3,(H,21,22). The highest BCUT2D eigenvalue weighted by atomic mass is 35.5. The molecule has 0 aliphatic carbocycles. The number of hydrogen-bond acceptors (Lipinski definition) is 3. The summed E-state index contributed by atoms with van der Waals surface area (Å²) >= 11 is 5.92. The number of methoxy groups -OCH3 is 1. The van der Waals surface area contributed by atoms with E-state index in [9.17, 15) is 14.3 Å². The van der Waals surface area contributed by atoms with Gasteiger partial charge in [0.25, 0.3) is 0 Å². The van der Waals surface area contributed by atoms with Gasteiger partial charge in [0.05, 0.1) is 23.9 Å². The Bertz CT molecular complexity index is 927. The lowest BCUT2D eigenvalue weighted by molar-refractivity contribution is 0.0699. The Morgan fingerprint density at radius 2 is 2.00 bits per heavy atom. The number of carboxylic acid groups (broad SMARTS) is 1. The fraction of sp³-hybridized carbons (Fsp3) is 0.0588. The number of halogens is 2. The molecule has 2 aromatic carbocycles. The first kappa shape index (κ1) is 15.2. The molecule has 0 amide bonds. The van der Waals surface area contributed by atoms with Crippen LogP contribution >= 0.6 is 11.6 Å². The van der Waals surface area contributed by atoms with Crippen LogP contribution in [-0.4, -0.2) is 23.2 Å². The number of carboxylic acids is 1. The Morgan fingerprint density at radius 3 is 2.65 bits per heavy atom. The zero-order valence-electron chi connectivity index (χ0n) is 12.0. The summed E-state index contributed by atoms with van der Waals surface area (Å²) in [6.45, 7) is 0. The minimum absolute atomic E-state index is 0.0590. The van der Waals surface area contributed by atoms with E-state index in [0.717, 1.165) is 0 Å². The van der Waals surface area contributed by atoms with Gasteiger partial charge in [-0.05, 0) is 42.5 Å². The molecule has 23 heavy (non-hydrogen) atoms. The maximum atomic E-state index is 13.9. The van der Waals surface area contributed by atoms with Crippen LogP contribution < -0.4 is 4.74 Å². The van der Waals surface area contributed by atoms with Crippen LogP contribution in [0.2, 0.25) is 5.02 Å². The quantitative estimate of drug-likeness (QED) is 0.772. The molecule has 0 unspecified atom stereocenters. The van der Waals surface area contributed by atoms with E-state index in [1.165, 1.54) is 25.3 Å². The van der Waals surface area contributed by atoms with Crippen LogP contribution in [0.4, 0.5) is 4.39 Å². The summed E-state index contributed by atoms with van der Waals surface area (Å²) in [7, 11) is 1.37. The Morgan fingerprint density at radius 1 is 1.22 bits per heavy atom. The van der Waals surface area contributed by atoms with Crippen LogP contribution in [0.1, 0.15) is 10.4 Å². The van der Waals surface area contributed by atoms with Gasteiger partial charge in [-0.25, -0.2) is 14.2 Å². The highest BCUT2D eigenvalue weighted by Crippen LogP contribution is 2.29. The van der Waals surface area contributed by atoms with Gasteiger partial charge in [0, 0.05) is 16.0 Å². The van der Waals surface area contributed by atoms with Gasteiger partial charge in [0.2, 0.25) is 0 Å². The first-order valence-electron chi connectivity index (χ1n) is 6.67. The van der Waals surface area contributed by atoms with Gasteiger partial charge in [-0.15, -0.1) is 0 Å². The summed E-state index contributed by atoms with van der Waals surface area (Å²) in [5, 5.41) is 10.3. The lowest BCUT2D eigenvalue weighted by atomic mass is 10.0. The number of nitrogens with zero attached hydrogens (tertiary/aromatic N) is 1. The minimum atomic E-state index is -1.10. The minimum Gasteiger partial charge on any atom is -0.494 e. The van der Waals surface area contributed by atoms with Crippen LogP contribution in [0.3, 0.4) is 0 Å². The average molecular weight is 332 g/mol. The highest BCUT2D eigenvalue weighted by molar-refractivity contribution is 6.31. The Hall–Kier alpha value is -2.66. The van der Waals surface area contributed by atoms with Crippen LogP contribution in [0.25, 0.3) is 22.2 Å². The van der Waals surface area contributed by atoms with Gasteiger partial charge in [-0.1, -0.05) is 11.6 Å². The summed E-state index contributed by atoms with van der Waals surface area (Å²) in [5.74, 6) is -1.53. The second kappa shape index (κ2) is 5.85. The number of rotatable bonds is 3. The van der Waals surface area contributed by atoms with E-state index in [1.54, 1.807) is 24.3 Å². The number of benzene rings is 2. The third-order valence-electron chi connectivity index (χ3n) is 3.45. The maximum Gasteiger partial charge on any atom is 0.336 e. The summed E-state index contributed by atoms with van der Waals surface area (Å²) in [6.07, 6.45) is 0. The molecule has 0 saturated carbocycles. The summed E-state index contributed by atoms with van der Waals surface area (Å²) in [4.78, 5) is 15.9. The lowest BCUT2D eigenvalue weighted by Crippen LogP contribution is -2.00. The molecule has 0 radical (unpaired) electrons. The summed E-state index contributed by atoms with van der Waals surface area (Å²) in [5.41, 5.74) is 1.35. The topological polar surface area (TPSA) is 59.4 Å². The molecular weight excluding hydrogens is 321 g/mol. The molecule has 0 aliphatic heterocycles. The Labute approximate surface area is 136 Å². The Kier molecular flexibility index (Phi) is 3.88. The largest absolute Gasteiger partial charge is 0.494 e. The predicted molar refractivity (Wildman–Crippen MR) is 85.7 cm³/mol. The molecule has 1 heterocycles. The van der Waals surface area contributed by atoms with Crippen molar-refractivity contribution < 1.29 is 19.0 Å². The summed E-state index contributed by atoms with van der Waals surface area (Å²) < 4.78 is 18.8. The van der Waals surface area contributed by atoms with E-state index in [1.807, 2.05) is 0 Å². The normalized spacial score (nSPS) is 10.7. The number of hydrogen-bond donors (Lipinski definition) is 1. The SMILES string of the molecule is COc1ccc(-c2cc(C(=O)O)c3cc(Cl)ccc3n2)cc1F. The van der Waals surface area contributed by atoms with Crippen molar-refractivity contribution in [2.75, 3.05) is 7.11 Å². The first-order valence-corrected chi connectivity index (χ1v) is 7.05. The van der Waals surface area contributed by atoms with E-state index in [2.05, 4.69) is 4.98 Å². The van der Waals surface area contributed by atoms with Crippen molar-refractivity contribution in [3.05, 3.63) is 58.9 Å². The van der Waals surface area contributed by atoms with Gasteiger partial charge >= 0.3 is 5.97 Å².